The Balaban J connectivity index is 1.70. The minimum absolute atomic E-state index is 0.210. The van der Waals surface area contributed by atoms with Crippen molar-refractivity contribution in [1.82, 2.24) is 5.32 Å². The first-order chi connectivity index (χ1) is 8.24. The highest BCUT2D eigenvalue weighted by atomic mass is 79.9. The predicted molar refractivity (Wildman–Crippen MR) is 75.1 cm³/mol. The Labute approximate surface area is 115 Å². The zero-order chi connectivity index (χ0) is 12.1. The number of carbonyl (C=O) groups is 1. The lowest BCUT2D eigenvalue weighted by atomic mass is 9.87. The summed E-state index contributed by atoms with van der Waals surface area (Å²) in [5, 5.41) is 5.05. The van der Waals surface area contributed by atoms with Gasteiger partial charge in [-0.1, -0.05) is 19.3 Å². The van der Waals surface area contributed by atoms with E-state index in [0.717, 1.165) is 4.47 Å². The molecule has 1 heterocycles. The summed E-state index contributed by atoms with van der Waals surface area (Å²) in [6, 6.07) is 2.06. The van der Waals surface area contributed by atoms with Crippen molar-refractivity contribution in [3.05, 3.63) is 20.8 Å². The van der Waals surface area contributed by atoms with Crippen LogP contribution in [-0.2, 0) is 11.3 Å². The fraction of sp³-hybridized carbons (Fsp3) is 0.615. The molecule has 2 nitrogen and oxygen atoms in total. The fourth-order valence-corrected chi connectivity index (χ4v) is 3.75. The summed E-state index contributed by atoms with van der Waals surface area (Å²) in [5.74, 6) is 0.834. The quantitative estimate of drug-likeness (QED) is 0.890. The minimum atomic E-state index is 0.210. The van der Waals surface area contributed by atoms with E-state index in [1.165, 1.54) is 37.0 Å². The molecular weight excluding hydrogens is 298 g/mol. The van der Waals surface area contributed by atoms with Crippen molar-refractivity contribution in [2.24, 2.45) is 5.92 Å². The van der Waals surface area contributed by atoms with Crippen molar-refractivity contribution in [2.75, 3.05) is 0 Å². The molecule has 2 rings (SSSR count). The Bertz CT molecular complexity index is 371. The molecule has 0 saturated heterocycles. The van der Waals surface area contributed by atoms with E-state index in [1.807, 2.05) is 5.38 Å². The third-order valence-corrected chi connectivity index (χ3v) is 4.98. The topological polar surface area (TPSA) is 29.1 Å². The lowest BCUT2D eigenvalue weighted by Gasteiger charge is -2.20. The average Bonchev–Trinajstić information content (AvgIpc) is 2.74. The summed E-state index contributed by atoms with van der Waals surface area (Å²) in [5.41, 5.74) is 0. The van der Waals surface area contributed by atoms with Crippen LogP contribution in [0.2, 0.25) is 0 Å². The predicted octanol–water partition coefficient (Wildman–Crippen LogP) is 4.10. The van der Waals surface area contributed by atoms with Crippen LogP contribution in [0, 0.1) is 5.92 Å². The van der Waals surface area contributed by atoms with Gasteiger partial charge < -0.3 is 5.32 Å². The second kappa shape index (κ2) is 6.55. The second-order valence-corrected chi connectivity index (χ2v) is 6.63. The Kier molecular flexibility index (Phi) is 5.04. The molecule has 1 N–H and O–H groups in total. The van der Waals surface area contributed by atoms with Crippen molar-refractivity contribution in [2.45, 2.75) is 45.1 Å². The molecule has 1 aliphatic carbocycles. The molecule has 1 aromatic rings. The van der Waals surface area contributed by atoms with Crippen LogP contribution in [0.25, 0.3) is 0 Å². The molecule has 1 aliphatic rings. The fourth-order valence-electron chi connectivity index (χ4n) is 2.36. The maximum atomic E-state index is 11.8. The third kappa shape index (κ3) is 4.43. The molecule has 0 atom stereocenters. The number of hydrogen-bond acceptors (Lipinski definition) is 2. The molecule has 0 bridgehead atoms. The summed E-state index contributed by atoms with van der Waals surface area (Å²) in [6.45, 7) is 0.668. The van der Waals surface area contributed by atoms with Crippen molar-refractivity contribution in [1.29, 1.82) is 0 Å². The molecule has 1 saturated carbocycles. The molecule has 0 unspecified atom stereocenters. The van der Waals surface area contributed by atoms with Gasteiger partial charge in [0.15, 0.2) is 0 Å². The molecule has 0 spiro atoms. The summed E-state index contributed by atoms with van der Waals surface area (Å²) < 4.78 is 1.10. The van der Waals surface area contributed by atoms with Gasteiger partial charge in [0.05, 0.1) is 6.54 Å². The van der Waals surface area contributed by atoms with E-state index in [0.29, 0.717) is 18.9 Å². The molecule has 0 radical (unpaired) electrons. The van der Waals surface area contributed by atoms with Crippen LogP contribution < -0.4 is 5.32 Å². The number of carbonyl (C=O) groups excluding carboxylic acids is 1. The van der Waals surface area contributed by atoms with Crippen LogP contribution in [0.5, 0.6) is 0 Å². The van der Waals surface area contributed by atoms with Crippen LogP contribution in [0.1, 0.15) is 43.4 Å². The number of rotatable bonds is 4. The van der Waals surface area contributed by atoms with Crippen molar-refractivity contribution < 1.29 is 4.79 Å². The van der Waals surface area contributed by atoms with Crippen molar-refractivity contribution >= 4 is 33.2 Å². The highest BCUT2D eigenvalue weighted by molar-refractivity contribution is 9.10. The third-order valence-electron chi connectivity index (χ3n) is 3.28. The first-order valence-electron chi connectivity index (χ1n) is 6.23. The standard InChI is InChI=1S/C13H18BrNOS/c14-11-7-12(17-9-11)8-15-13(16)6-10-4-2-1-3-5-10/h7,9-10H,1-6,8H2,(H,15,16). The summed E-state index contributed by atoms with van der Waals surface area (Å²) in [6.07, 6.45) is 7.13. The highest BCUT2D eigenvalue weighted by Gasteiger charge is 2.16. The molecule has 1 amide bonds. The van der Waals surface area contributed by atoms with Gasteiger partial charge in [-0.2, -0.15) is 0 Å². The first kappa shape index (κ1) is 13.1. The molecule has 1 fully saturated rings. The van der Waals surface area contributed by atoms with Crippen LogP contribution in [0.4, 0.5) is 0 Å². The first-order valence-corrected chi connectivity index (χ1v) is 7.91. The number of hydrogen-bond donors (Lipinski definition) is 1. The van der Waals surface area contributed by atoms with Crippen LogP contribution in [0.15, 0.2) is 15.9 Å². The number of nitrogens with one attached hydrogen (secondary N) is 1. The van der Waals surface area contributed by atoms with Gasteiger partial charge in [-0.05, 0) is 40.8 Å². The Morgan fingerprint density at radius 2 is 2.18 bits per heavy atom. The van der Waals surface area contributed by atoms with Crippen LogP contribution >= 0.6 is 27.3 Å². The zero-order valence-corrected chi connectivity index (χ0v) is 12.3. The zero-order valence-electron chi connectivity index (χ0n) is 9.88. The van der Waals surface area contributed by atoms with Gasteiger partial charge in [0.25, 0.3) is 0 Å². The Morgan fingerprint density at radius 1 is 1.41 bits per heavy atom. The van der Waals surface area contributed by atoms with E-state index < -0.39 is 0 Å². The van der Waals surface area contributed by atoms with Gasteiger partial charge in [0, 0.05) is 21.2 Å². The maximum Gasteiger partial charge on any atom is 0.220 e. The van der Waals surface area contributed by atoms with Gasteiger partial charge in [-0.25, -0.2) is 0 Å². The van der Waals surface area contributed by atoms with E-state index in [4.69, 9.17) is 0 Å². The van der Waals surface area contributed by atoms with E-state index in [-0.39, 0.29) is 5.91 Å². The average molecular weight is 316 g/mol. The molecular formula is C13H18BrNOS. The smallest absolute Gasteiger partial charge is 0.220 e. The number of amides is 1. The lowest BCUT2D eigenvalue weighted by Crippen LogP contribution is -2.25. The summed E-state index contributed by atoms with van der Waals surface area (Å²) in [4.78, 5) is 13.0. The molecule has 0 aromatic carbocycles. The number of halogens is 1. The van der Waals surface area contributed by atoms with E-state index >= 15 is 0 Å². The molecule has 0 aliphatic heterocycles. The van der Waals surface area contributed by atoms with Crippen LogP contribution in [-0.4, -0.2) is 5.91 Å². The van der Waals surface area contributed by atoms with Crippen molar-refractivity contribution in [3.63, 3.8) is 0 Å². The van der Waals surface area contributed by atoms with Gasteiger partial charge in [-0.3, -0.25) is 4.79 Å². The SMILES string of the molecule is O=C(CC1CCCCC1)NCc1cc(Br)cs1. The maximum absolute atomic E-state index is 11.8. The molecule has 94 valence electrons. The van der Waals surface area contributed by atoms with Gasteiger partial charge >= 0.3 is 0 Å². The number of thiophene rings is 1. The van der Waals surface area contributed by atoms with Crippen LogP contribution in [0.3, 0.4) is 0 Å². The molecule has 4 heteroatoms. The van der Waals surface area contributed by atoms with Gasteiger partial charge in [-0.15, -0.1) is 11.3 Å². The summed E-state index contributed by atoms with van der Waals surface area (Å²) >= 11 is 5.09. The monoisotopic (exact) mass is 315 g/mol. The van der Waals surface area contributed by atoms with Crippen molar-refractivity contribution in [3.8, 4) is 0 Å². The van der Waals surface area contributed by atoms with E-state index in [9.17, 15) is 4.79 Å². The molecule has 17 heavy (non-hydrogen) atoms. The largest absolute Gasteiger partial charge is 0.351 e. The highest BCUT2D eigenvalue weighted by Crippen LogP contribution is 2.26. The Hall–Kier alpha value is -0.350. The van der Waals surface area contributed by atoms with Gasteiger partial charge in [0.2, 0.25) is 5.91 Å². The second-order valence-electron chi connectivity index (χ2n) is 4.72. The van der Waals surface area contributed by atoms with E-state index in [2.05, 4.69) is 27.3 Å². The van der Waals surface area contributed by atoms with Gasteiger partial charge in [0.1, 0.15) is 0 Å². The van der Waals surface area contributed by atoms with E-state index in [1.54, 1.807) is 11.3 Å². The minimum Gasteiger partial charge on any atom is -0.351 e. The Morgan fingerprint density at radius 3 is 2.82 bits per heavy atom. The lowest BCUT2D eigenvalue weighted by molar-refractivity contribution is -0.122. The summed E-state index contributed by atoms with van der Waals surface area (Å²) in [7, 11) is 0. The molecule has 1 aromatic heterocycles. The normalized spacial score (nSPS) is 17.0.